The van der Waals surface area contributed by atoms with E-state index in [-0.39, 0.29) is 36.6 Å². The van der Waals surface area contributed by atoms with Crippen LogP contribution < -0.4 is 19.7 Å². The predicted molar refractivity (Wildman–Crippen MR) is 77.1 cm³/mol. The largest absolute Gasteiger partial charge is 0.492 e. The second-order valence-electron chi connectivity index (χ2n) is 3.95. The normalized spacial score (nSPS) is 11.7. The number of rotatable bonds is 8. The second-order valence-corrected chi connectivity index (χ2v) is 6.47. The summed E-state index contributed by atoms with van der Waals surface area (Å²) >= 11 is 0. The molecular formula is C10H14N4O6S2. The lowest BCUT2D eigenvalue weighted by Gasteiger charge is -2.11. The monoisotopic (exact) mass is 350 g/mol. The van der Waals surface area contributed by atoms with Crippen molar-refractivity contribution in [1.29, 1.82) is 5.26 Å². The zero-order chi connectivity index (χ0) is 16.8. The molecule has 0 fully saturated rings. The van der Waals surface area contributed by atoms with Gasteiger partial charge >= 0.3 is 10.3 Å². The fourth-order valence-corrected chi connectivity index (χ4v) is 2.25. The van der Waals surface area contributed by atoms with Crippen LogP contribution in [0.1, 0.15) is 12.0 Å². The van der Waals surface area contributed by atoms with Gasteiger partial charge < -0.3 is 4.74 Å². The van der Waals surface area contributed by atoms with Gasteiger partial charge in [0.15, 0.2) is 0 Å². The molecule has 0 radical (unpaired) electrons. The molecule has 0 bridgehead atoms. The summed E-state index contributed by atoms with van der Waals surface area (Å²) in [5.41, 5.74) is -0.0767. The number of nitrogens with one attached hydrogen (secondary N) is 1. The van der Waals surface area contributed by atoms with E-state index < -0.39 is 20.5 Å². The van der Waals surface area contributed by atoms with E-state index in [2.05, 4.69) is 9.32 Å². The van der Waals surface area contributed by atoms with Crippen molar-refractivity contribution in [1.82, 2.24) is 0 Å². The third-order valence-electron chi connectivity index (χ3n) is 2.18. The first kappa shape index (κ1) is 18.1. The van der Waals surface area contributed by atoms with E-state index in [0.29, 0.717) is 0 Å². The maximum absolute atomic E-state index is 11.0. The predicted octanol–water partition coefficient (Wildman–Crippen LogP) is -0.837. The maximum atomic E-state index is 11.0. The molecule has 0 aromatic heterocycles. The Morgan fingerprint density at radius 3 is 2.41 bits per heavy atom. The highest BCUT2D eigenvalue weighted by molar-refractivity contribution is 7.90. The Morgan fingerprint density at radius 1 is 1.18 bits per heavy atom. The minimum atomic E-state index is -4.03. The van der Waals surface area contributed by atoms with Gasteiger partial charge in [-0.25, -0.2) is 10.3 Å². The van der Waals surface area contributed by atoms with Crippen LogP contribution in [0.15, 0.2) is 18.2 Å². The van der Waals surface area contributed by atoms with E-state index in [4.69, 9.17) is 15.1 Å². The van der Waals surface area contributed by atoms with Crippen LogP contribution in [0, 0.1) is 11.3 Å². The Balaban J connectivity index is 2.72. The van der Waals surface area contributed by atoms with Gasteiger partial charge in [-0.3, -0.25) is 8.91 Å². The number of nitrogens with zero attached hydrogens (tertiary/aromatic N) is 1. The van der Waals surface area contributed by atoms with Gasteiger partial charge in [0.1, 0.15) is 17.4 Å². The first-order chi connectivity index (χ1) is 10.1. The quantitative estimate of drug-likeness (QED) is 0.512. The molecule has 1 rings (SSSR count). The number of hydrogen-bond donors (Lipinski definition) is 3. The maximum Gasteiger partial charge on any atom is 0.333 e. The third-order valence-corrected chi connectivity index (χ3v) is 3.18. The molecule has 1 aromatic rings. The molecule has 122 valence electrons. The molecule has 22 heavy (non-hydrogen) atoms. The molecule has 0 aliphatic heterocycles. The van der Waals surface area contributed by atoms with E-state index in [0.717, 1.165) is 0 Å². The number of nitriles is 1. The van der Waals surface area contributed by atoms with Crippen molar-refractivity contribution in [2.24, 2.45) is 10.3 Å². The lowest BCUT2D eigenvalue weighted by Crippen LogP contribution is -2.22. The molecule has 0 aliphatic carbocycles. The minimum absolute atomic E-state index is 0.0247. The molecule has 0 saturated carbocycles. The fraction of sp³-hybridized carbons (Fsp3) is 0.300. The molecule has 0 unspecified atom stereocenters. The number of hydrogen-bond acceptors (Lipinski definition) is 7. The highest BCUT2D eigenvalue weighted by Crippen LogP contribution is 2.26. The zero-order valence-electron chi connectivity index (χ0n) is 11.2. The summed E-state index contributed by atoms with van der Waals surface area (Å²) in [6.45, 7) is -0.154. The number of ether oxygens (including phenoxy) is 1. The van der Waals surface area contributed by atoms with Crippen molar-refractivity contribution in [3.63, 3.8) is 0 Å². The van der Waals surface area contributed by atoms with E-state index in [9.17, 15) is 16.8 Å². The van der Waals surface area contributed by atoms with Crippen LogP contribution in [0.3, 0.4) is 0 Å². The lowest BCUT2D eigenvalue weighted by molar-refractivity contribution is 0.250. The van der Waals surface area contributed by atoms with Crippen molar-refractivity contribution in [2.45, 2.75) is 6.42 Å². The highest BCUT2D eigenvalue weighted by atomic mass is 32.2. The van der Waals surface area contributed by atoms with Gasteiger partial charge in [-0.15, -0.1) is 0 Å². The average molecular weight is 350 g/mol. The molecule has 5 N–H and O–H groups in total. The molecule has 0 aliphatic rings. The van der Waals surface area contributed by atoms with Crippen LogP contribution in [0.5, 0.6) is 5.75 Å². The Labute approximate surface area is 128 Å². The molecule has 0 heterocycles. The topological polar surface area (TPSA) is 175 Å². The van der Waals surface area contributed by atoms with E-state index in [1.807, 2.05) is 4.72 Å². The first-order valence-corrected chi connectivity index (χ1v) is 8.78. The standard InChI is InChI=1S/C10H14N4O6S2/c11-7-8-9(14-21(12,15)16)3-1-4-10(8)19-5-2-6-20-22(13,17)18/h1,3-4,14H,2,5-6H2,(H2,12,15,16)(H2,13,17,18). The van der Waals surface area contributed by atoms with Gasteiger partial charge in [0.2, 0.25) is 0 Å². The summed E-state index contributed by atoms with van der Waals surface area (Å²) in [7, 11) is -8.04. The van der Waals surface area contributed by atoms with E-state index >= 15 is 0 Å². The Morgan fingerprint density at radius 2 is 1.86 bits per heavy atom. The number of anilines is 1. The molecule has 10 nitrogen and oxygen atoms in total. The van der Waals surface area contributed by atoms with Crippen LogP contribution in [0.25, 0.3) is 0 Å². The first-order valence-electron chi connectivity index (χ1n) is 5.76. The van der Waals surface area contributed by atoms with Crippen LogP contribution in [-0.2, 0) is 24.7 Å². The van der Waals surface area contributed by atoms with Gasteiger partial charge in [-0.1, -0.05) is 6.07 Å². The van der Waals surface area contributed by atoms with Gasteiger partial charge in [-0.05, 0) is 12.1 Å². The van der Waals surface area contributed by atoms with Gasteiger partial charge in [0, 0.05) is 6.42 Å². The van der Waals surface area contributed by atoms with Crippen molar-refractivity contribution in [3.05, 3.63) is 23.8 Å². The van der Waals surface area contributed by atoms with Gasteiger partial charge in [-0.2, -0.15) is 22.1 Å². The Hall–Kier alpha value is -1.91. The Kier molecular flexibility index (Phi) is 6.09. The molecule has 12 heteroatoms. The number of nitrogens with two attached hydrogens (primary N) is 2. The summed E-state index contributed by atoms with van der Waals surface area (Å²) in [6.07, 6.45) is 0.189. The summed E-state index contributed by atoms with van der Waals surface area (Å²) in [5, 5.41) is 18.6. The van der Waals surface area contributed by atoms with Crippen LogP contribution in [-0.4, -0.2) is 30.0 Å². The van der Waals surface area contributed by atoms with Crippen molar-refractivity contribution in [3.8, 4) is 11.8 Å². The third kappa shape index (κ3) is 6.70. The van der Waals surface area contributed by atoms with Crippen molar-refractivity contribution < 1.29 is 25.8 Å². The van der Waals surface area contributed by atoms with Crippen molar-refractivity contribution >= 4 is 26.2 Å². The summed E-state index contributed by atoms with van der Waals surface area (Å²) in [5.74, 6) is 0.117. The average Bonchev–Trinajstić information content (AvgIpc) is 2.35. The van der Waals surface area contributed by atoms with Gasteiger partial charge in [0.25, 0.3) is 10.2 Å². The highest BCUT2D eigenvalue weighted by Gasteiger charge is 2.12. The fourth-order valence-electron chi connectivity index (χ4n) is 1.42. The van der Waals surface area contributed by atoms with Crippen LogP contribution in [0.2, 0.25) is 0 Å². The van der Waals surface area contributed by atoms with Crippen molar-refractivity contribution in [2.75, 3.05) is 17.9 Å². The minimum Gasteiger partial charge on any atom is -0.492 e. The molecule has 1 aromatic carbocycles. The number of benzene rings is 1. The van der Waals surface area contributed by atoms with Crippen LogP contribution in [0.4, 0.5) is 5.69 Å². The lowest BCUT2D eigenvalue weighted by atomic mass is 10.2. The summed E-state index contributed by atoms with van der Waals surface area (Å²) in [6, 6.07) is 6.06. The molecule has 0 spiro atoms. The second kappa shape index (κ2) is 7.38. The SMILES string of the molecule is N#Cc1c(NS(N)(=O)=O)cccc1OCCCOS(N)(=O)=O. The molecule has 0 saturated heterocycles. The molecule has 0 atom stereocenters. The smallest absolute Gasteiger partial charge is 0.333 e. The van der Waals surface area contributed by atoms with Gasteiger partial charge in [0.05, 0.1) is 18.9 Å². The van der Waals surface area contributed by atoms with E-state index in [1.54, 1.807) is 6.07 Å². The van der Waals surface area contributed by atoms with Crippen LogP contribution >= 0.6 is 0 Å². The Bertz CT molecular complexity index is 769. The zero-order valence-corrected chi connectivity index (χ0v) is 12.9. The molecular weight excluding hydrogens is 336 g/mol. The summed E-state index contributed by atoms with van der Waals surface area (Å²) in [4.78, 5) is 0. The van der Waals surface area contributed by atoms with E-state index in [1.165, 1.54) is 18.2 Å². The summed E-state index contributed by atoms with van der Waals surface area (Å²) < 4.78 is 54.7. The molecule has 0 amide bonds.